The molecule has 0 heterocycles. The standard InChI is InChI=1S/C17H18O2/c1-13(14-9-5-3-6-10-14)17(2,16(18)19)15-11-7-4-8-12-15/h3-13H,1-2H3,(H,18,19). The van der Waals surface area contributed by atoms with Crippen LogP contribution in [0.15, 0.2) is 60.7 Å². The summed E-state index contributed by atoms with van der Waals surface area (Å²) in [5.74, 6) is -0.899. The molecule has 0 spiro atoms. The second-order valence-corrected chi connectivity index (χ2v) is 5.01. The first kappa shape index (κ1) is 13.3. The van der Waals surface area contributed by atoms with E-state index in [1.54, 1.807) is 6.92 Å². The van der Waals surface area contributed by atoms with Crippen LogP contribution in [0.3, 0.4) is 0 Å². The molecule has 2 nitrogen and oxygen atoms in total. The Labute approximate surface area is 113 Å². The summed E-state index contributed by atoms with van der Waals surface area (Å²) in [6.07, 6.45) is 0. The summed E-state index contributed by atoms with van der Waals surface area (Å²) in [5.41, 5.74) is 0.943. The van der Waals surface area contributed by atoms with E-state index in [2.05, 4.69) is 0 Å². The normalized spacial score (nSPS) is 15.5. The maximum atomic E-state index is 11.8. The van der Waals surface area contributed by atoms with Crippen LogP contribution in [-0.2, 0) is 10.2 Å². The largest absolute Gasteiger partial charge is 0.481 e. The molecule has 0 aliphatic rings. The van der Waals surface area contributed by atoms with Gasteiger partial charge in [0.2, 0.25) is 0 Å². The van der Waals surface area contributed by atoms with Crippen LogP contribution in [0.5, 0.6) is 0 Å². The van der Waals surface area contributed by atoms with Gasteiger partial charge in [-0.15, -0.1) is 0 Å². The molecule has 0 aliphatic heterocycles. The van der Waals surface area contributed by atoms with Crippen molar-refractivity contribution in [2.45, 2.75) is 25.2 Å². The fourth-order valence-corrected chi connectivity index (χ4v) is 2.42. The molecule has 1 N–H and O–H groups in total. The van der Waals surface area contributed by atoms with Gasteiger partial charge in [0.25, 0.3) is 0 Å². The Morgan fingerprint density at radius 3 is 1.95 bits per heavy atom. The lowest BCUT2D eigenvalue weighted by Crippen LogP contribution is -2.37. The van der Waals surface area contributed by atoms with Gasteiger partial charge in [0.1, 0.15) is 0 Å². The topological polar surface area (TPSA) is 37.3 Å². The molecule has 0 radical (unpaired) electrons. The second-order valence-electron chi connectivity index (χ2n) is 5.01. The summed E-state index contributed by atoms with van der Waals surface area (Å²) >= 11 is 0. The van der Waals surface area contributed by atoms with Crippen LogP contribution >= 0.6 is 0 Å². The maximum Gasteiger partial charge on any atom is 0.314 e. The molecule has 2 atom stereocenters. The zero-order chi connectivity index (χ0) is 13.9. The van der Waals surface area contributed by atoms with Crippen molar-refractivity contribution in [2.24, 2.45) is 0 Å². The molecular formula is C17H18O2. The average Bonchev–Trinajstić information content (AvgIpc) is 2.47. The highest BCUT2D eigenvalue weighted by Gasteiger charge is 2.41. The van der Waals surface area contributed by atoms with Crippen LogP contribution in [0.25, 0.3) is 0 Å². The summed E-state index contributed by atoms with van der Waals surface area (Å²) < 4.78 is 0. The SMILES string of the molecule is CC(c1ccccc1)C(C)(C(=O)O)c1ccccc1. The smallest absolute Gasteiger partial charge is 0.314 e. The van der Waals surface area contributed by atoms with Crippen molar-refractivity contribution < 1.29 is 9.90 Å². The predicted octanol–water partition coefficient (Wildman–Crippen LogP) is 3.83. The van der Waals surface area contributed by atoms with E-state index in [1.165, 1.54) is 0 Å². The first-order chi connectivity index (χ1) is 9.06. The Hall–Kier alpha value is -2.09. The Morgan fingerprint density at radius 1 is 1.00 bits per heavy atom. The fourth-order valence-electron chi connectivity index (χ4n) is 2.42. The number of carbonyl (C=O) groups is 1. The Balaban J connectivity index is 2.49. The van der Waals surface area contributed by atoms with Crippen molar-refractivity contribution in [3.8, 4) is 0 Å². The summed E-state index contributed by atoms with van der Waals surface area (Å²) in [5, 5.41) is 9.72. The number of hydrogen-bond donors (Lipinski definition) is 1. The molecule has 0 amide bonds. The van der Waals surface area contributed by atoms with Gasteiger partial charge in [-0.2, -0.15) is 0 Å². The van der Waals surface area contributed by atoms with E-state index in [1.807, 2.05) is 67.6 Å². The quantitative estimate of drug-likeness (QED) is 0.900. The van der Waals surface area contributed by atoms with Crippen molar-refractivity contribution in [3.63, 3.8) is 0 Å². The third-order valence-electron chi connectivity index (χ3n) is 3.98. The molecule has 19 heavy (non-hydrogen) atoms. The van der Waals surface area contributed by atoms with Crippen LogP contribution in [0.4, 0.5) is 0 Å². The molecule has 0 saturated heterocycles. The van der Waals surface area contributed by atoms with Gasteiger partial charge in [-0.25, -0.2) is 0 Å². The highest BCUT2D eigenvalue weighted by molar-refractivity contribution is 5.82. The number of benzene rings is 2. The molecule has 0 saturated carbocycles. The highest BCUT2D eigenvalue weighted by atomic mass is 16.4. The number of rotatable bonds is 4. The van der Waals surface area contributed by atoms with E-state index in [9.17, 15) is 9.90 Å². The minimum atomic E-state index is -0.928. The summed E-state index contributed by atoms with van der Waals surface area (Å²) in [7, 11) is 0. The molecule has 2 aromatic rings. The van der Waals surface area contributed by atoms with Gasteiger partial charge in [-0.3, -0.25) is 4.79 Å². The van der Waals surface area contributed by atoms with Gasteiger partial charge in [0, 0.05) is 5.92 Å². The highest BCUT2D eigenvalue weighted by Crippen LogP contribution is 2.38. The molecule has 0 aliphatic carbocycles. The summed E-state index contributed by atoms with van der Waals surface area (Å²) in [6.45, 7) is 3.76. The van der Waals surface area contributed by atoms with E-state index in [4.69, 9.17) is 0 Å². The molecule has 2 rings (SSSR count). The average molecular weight is 254 g/mol. The molecule has 0 bridgehead atoms. The Morgan fingerprint density at radius 2 is 1.47 bits per heavy atom. The molecule has 2 unspecified atom stereocenters. The molecular weight excluding hydrogens is 236 g/mol. The van der Waals surface area contributed by atoms with Gasteiger partial charge < -0.3 is 5.11 Å². The molecule has 0 fully saturated rings. The van der Waals surface area contributed by atoms with Crippen LogP contribution in [0.1, 0.15) is 30.9 Å². The second kappa shape index (κ2) is 5.27. The monoisotopic (exact) mass is 254 g/mol. The first-order valence-corrected chi connectivity index (χ1v) is 6.40. The zero-order valence-electron chi connectivity index (χ0n) is 11.2. The van der Waals surface area contributed by atoms with E-state index in [-0.39, 0.29) is 5.92 Å². The predicted molar refractivity (Wildman–Crippen MR) is 76.3 cm³/mol. The molecule has 2 aromatic carbocycles. The van der Waals surface area contributed by atoms with Crippen LogP contribution in [0.2, 0.25) is 0 Å². The van der Waals surface area contributed by atoms with Crippen LogP contribution in [0, 0.1) is 0 Å². The van der Waals surface area contributed by atoms with Crippen molar-refractivity contribution in [3.05, 3.63) is 71.8 Å². The maximum absolute atomic E-state index is 11.8. The number of hydrogen-bond acceptors (Lipinski definition) is 1. The van der Waals surface area contributed by atoms with Crippen LogP contribution in [-0.4, -0.2) is 11.1 Å². The van der Waals surface area contributed by atoms with Gasteiger partial charge in [0.05, 0.1) is 5.41 Å². The van der Waals surface area contributed by atoms with Crippen molar-refractivity contribution in [1.82, 2.24) is 0 Å². The molecule has 98 valence electrons. The fraction of sp³-hybridized carbons (Fsp3) is 0.235. The summed E-state index contributed by atoms with van der Waals surface area (Å²) in [4.78, 5) is 11.8. The van der Waals surface area contributed by atoms with Gasteiger partial charge >= 0.3 is 5.97 Å². The van der Waals surface area contributed by atoms with E-state index < -0.39 is 11.4 Å². The third kappa shape index (κ3) is 2.39. The summed E-state index contributed by atoms with van der Waals surface area (Å²) in [6, 6.07) is 19.2. The Bertz CT molecular complexity index is 548. The van der Waals surface area contributed by atoms with E-state index >= 15 is 0 Å². The number of aliphatic carboxylic acids is 1. The van der Waals surface area contributed by atoms with Gasteiger partial charge in [-0.05, 0) is 18.1 Å². The van der Waals surface area contributed by atoms with Crippen molar-refractivity contribution >= 4 is 5.97 Å². The van der Waals surface area contributed by atoms with E-state index in [0.29, 0.717) is 0 Å². The van der Waals surface area contributed by atoms with Crippen molar-refractivity contribution in [1.29, 1.82) is 0 Å². The van der Waals surface area contributed by atoms with Gasteiger partial charge in [-0.1, -0.05) is 67.6 Å². The lowest BCUT2D eigenvalue weighted by molar-refractivity contribution is -0.144. The zero-order valence-corrected chi connectivity index (χ0v) is 11.2. The minimum Gasteiger partial charge on any atom is -0.481 e. The lowest BCUT2D eigenvalue weighted by atomic mass is 9.70. The van der Waals surface area contributed by atoms with Crippen molar-refractivity contribution in [2.75, 3.05) is 0 Å². The van der Waals surface area contributed by atoms with E-state index in [0.717, 1.165) is 11.1 Å². The third-order valence-corrected chi connectivity index (χ3v) is 3.98. The lowest BCUT2D eigenvalue weighted by Gasteiger charge is -2.32. The first-order valence-electron chi connectivity index (χ1n) is 6.40. The Kier molecular flexibility index (Phi) is 3.70. The van der Waals surface area contributed by atoms with Crippen LogP contribution < -0.4 is 0 Å². The molecule has 2 heteroatoms. The van der Waals surface area contributed by atoms with Gasteiger partial charge in [0.15, 0.2) is 0 Å². The minimum absolute atomic E-state index is 0.103. The number of carboxylic acids is 1. The molecule has 0 aromatic heterocycles. The number of carboxylic acid groups (broad SMARTS) is 1.